The Labute approximate surface area is 148 Å². The van der Waals surface area contributed by atoms with E-state index in [9.17, 15) is 4.79 Å². The molecule has 25 heavy (non-hydrogen) atoms. The molecule has 0 unspecified atom stereocenters. The molecule has 3 aromatic rings. The molecule has 1 amide bonds. The van der Waals surface area contributed by atoms with E-state index in [2.05, 4.69) is 17.4 Å². The average Bonchev–Trinajstić information content (AvgIpc) is 3.16. The van der Waals surface area contributed by atoms with Crippen LogP contribution in [-0.2, 0) is 0 Å². The summed E-state index contributed by atoms with van der Waals surface area (Å²) in [7, 11) is 3.93. The SMILES string of the molecule is CN(C)[C@@H](CNC(=O)c1ccc(-c2ccccc2)cc1)c1ccco1. The molecule has 0 saturated heterocycles. The molecule has 1 heterocycles. The molecule has 0 saturated carbocycles. The van der Waals surface area contributed by atoms with E-state index in [0.717, 1.165) is 16.9 Å². The van der Waals surface area contributed by atoms with Gasteiger partial charge in [-0.1, -0.05) is 42.5 Å². The fourth-order valence-corrected chi connectivity index (χ4v) is 2.75. The third kappa shape index (κ3) is 4.17. The van der Waals surface area contributed by atoms with Gasteiger partial charge < -0.3 is 9.73 Å². The predicted octanol–water partition coefficient (Wildman–Crippen LogP) is 3.98. The first-order valence-corrected chi connectivity index (χ1v) is 8.28. The van der Waals surface area contributed by atoms with Crippen LogP contribution in [0.25, 0.3) is 11.1 Å². The van der Waals surface area contributed by atoms with Gasteiger partial charge in [-0.25, -0.2) is 0 Å². The summed E-state index contributed by atoms with van der Waals surface area (Å²) >= 11 is 0. The zero-order valence-electron chi connectivity index (χ0n) is 14.5. The highest BCUT2D eigenvalue weighted by Crippen LogP contribution is 2.20. The maximum Gasteiger partial charge on any atom is 0.251 e. The second-order valence-corrected chi connectivity index (χ2v) is 6.15. The van der Waals surface area contributed by atoms with Crippen molar-refractivity contribution >= 4 is 5.91 Å². The van der Waals surface area contributed by atoms with Gasteiger partial charge in [0.25, 0.3) is 5.91 Å². The van der Waals surface area contributed by atoms with E-state index in [-0.39, 0.29) is 11.9 Å². The van der Waals surface area contributed by atoms with Crippen LogP contribution in [-0.4, -0.2) is 31.4 Å². The first-order chi connectivity index (χ1) is 12.1. The minimum atomic E-state index is -0.0852. The van der Waals surface area contributed by atoms with Crippen molar-refractivity contribution in [1.82, 2.24) is 10.2 Å². The van der Waals surface area contributed by atoms with Crippen molar-refractivity contribution in [3.63, 3.8) is 0 Å². The average molecular weight is 334 g/mol. The van der Waals surface area contributed by atoms with Gasteiger partial charge in [0, 0.05) is 12.1 Å². The van der Waals surface area contributed by atoms with Crippen LogP contribution in [0.2, 0.25) is 0 Å². The second-order valence-electron chi connectivity index (χ2n) is 6.15. The van der Waals surface area contributed by atoms with Gasteiger partial charge in [0.1, 0.15) is 5.76 Å². The minimum absolute atomic E-state index is 0.00235. The van der Waals surface area contributed by atoms with E-state index in [0.29, 0.717) is 12.1 Å². The van der Waals surface area contributed by atoms with Crippen LogP contribution in [0.5, 0.6) is 0 Å². The van der Waals surface area contributed by atoms with Gasteiger partial charge in [0.15, 0.2) is 0 Å². The number of rotatable bonds is 6. The summed E-state index contributed by atoms with van der Waals surface area (Å²) in [4.78, 5) is 14.5. The highest BCUT2D eigenvalue weighted by atomic mass is 16.3. The van der Waals surface area contributed by atoms with E-state index in [1.807, 2.05) is 73.6 Å². The molecule has 2 aromatic carbocycles. The molecule has 1 atom stereocenters. The van der Waals surface area contributed by atoms with Crippen molar-refractivity contribution in [2.24, 2.45) is 0 Å². The van der Waals surface area contributed by atoms with Crippen LogP contribution in [0.1, 0.15) is 22.2 Å². The Morgan fingerprint density at radius 2 is 1.64 bits per heavy atom. The number of furan rings is 1. The van der Waals surface area contributed by atoms with Crippen LogP contribution >= 0.6 is 0 Å². The lowest BCUT2D eigenvalue weighted by Gasteiger charge is -2.22. The maximum absolute atomic E-state index is 12.4. The molecular weight excluding hydrogens is 312 g/mol. The van der Waals surface area contributed by atoms with Gasteiger partial charge in [-0.3, -0.25) is 9.69 Å². The first kappa shape index (κ1) is 17.0. The monoisotopic (exact) mass is 334 g/mol. The molecule has 0 spiro atoms. The van der Waals surface area contributed by atoms with E-state index in [1.54, 1.807) is 6.26 Å². The lowest BCUT2D eigenvalue weighted by molar-refractivity contribution is 0.0939. The zero-order valence-corrected chi connectivity index (χ0v) is 14.5. The molecule has 0 radical (unpaired) electrons. The minimum Gasteiger partial charge on any atom is -0.468 e. The summed E-state index contributed by atoms with van der Waals surface area (Å²) in [6, 6.07) is 21.6. The summed E-state index contributed by atoms with van der Waals surface area (Å²) in [6.45, 7) is 0.486. The van der Waals surface area contributed by atoms with Gasteiger partial charge in [0.05, 0.1) is 12.3 Å². The number of benzene rings is 2. The molecule has 0 aliphatic heterocycles. The molecule has 4 nitrogen and oxygen atoms in total. The third-order valence-corrected chi connectivity index (χ3v) is 4.21. The van der Waals surface area contributed by atoms with Crippen LogP contribution in [0.3, 0.4) is 0 Å². The fourth-order valence-electron chi connectivity index (χ4n) is 2.75. The number of hydrogen-bond donors (Lipinski definition) is 1. The van der Waals surface area contributed by atoms with E-state index < -0.39 is 0 Å². The first-order valence-electron chi connectivity index (χ1n) is 8.28. The summed E-state index contributed by atoms with van der Waals surface area (Å²) in [5, 5.41) is 2.99. The third-order valence-electron chi connectivity index (χ3n) is 4.21. The molecular formula is C21H22N2O2. The van der Waals surface area contributed by atoms with Gasteiger partial charge in [-0.05, 0) is 49.5 Å². The predicted molar refractivity (Wildman–Crippen MR) is 99.3 cm³/mol. The Morgan fingerprint density at radius 1 is 0.960 bits per heavy atom. The second kappa shape index (κ2) is 7.81. The van der Waals surface area contributed by atoms with Gasteiger partial charge in [-0.15, -0.1) is 0 Å². The number of carbonyl (C=O) groups excluding carboxylic acids is 1. The van der Waals surface area contributed by atoms with Gasteiger partial charge in [0.2, 0.25) is 0 Å². The molecule has 1 aromatic heterocycles. The normalized spacial score (nSPS) is 12.1. The Hall–Kier alpha value is -2.85. The molecule has 128 valence electrons. The largest absolute Gasteiger partial charge is 0.468 e. The Bertz CT molecular complexity index is 794. The Kier molecular flexibility index (Phi) is 5.31. The zero-order chi connectivity index (χ0) is 17.6. The molecule has 0 aliphatic carbocycles. The lowest BCUT2D eigenvalue weighted by Crippen LogP contribution is -2.34. The molecule has 0 fully saturated rings. The highest BCUT2D eigenvalue weighted by molar-refractivity contribution is 5.94. The summed E-state index contributed by atoms with van der Waals surface area (Å²) in [6.07, 6.45) is 1.65. The number of carbonyl (C=O) groups is 1. The highest BCUT2D eigenvalue weighted by Gasteiger charge is 2.18. The molecule has 1 N–H and O–H groups in total. The molecule has 0 aliphatic rings. The van der Waals surface area contributed by atoms with Crippen LogP contribution in [0.15, 0.2) is 77.4 Å². The van der Waals surface area contributed by atoms with Gasteiger partial charge >= 0.3 is 0 Å². The lowest BCUT2D eigenvalue weighted by atomic mass is 10.0. The van der Waals surface area contributed by atoms with Crippen molar-refractivity contribution in [3.8, 4) is 11.1 Å². The van der Waals surface area contributed by atoms with Crippen molar-refractivity contribution in [1.29, 1.82) is 0 Å². The van der Waals surface area contributed by atoms with Crippen molar-refractivity contribution in [2.75, 3.05) is 20.6 Å². The van der Waals surface area contributed by atoms with Crippen LogP contribution < -0.4 is 5.32 Å². The standard InChI is InChI=1S/C21H22N2O2/c1-23(2)19(20-9-6-14-25-20)15-22-21(24)18-12-10-17(11-13-18)16-7-4-3-5-8-16/h3-14,19H,15H2,1-2H3,(H,22,24)/t19-/m0/s1. The number of hydrogen-bond acceptors (Lipinski definition) is 3. The number of nitrogens with zero attached hydrogens (tertiary/aromatic N) is 1. The number of likely N-dealkylation sites (N-methyl/N-ethyl adjacent to an activating group) is 1. The summed E-state index contributed by atoms with van der Waals surface area (Å²) in [5.41, 5.74) is 2.88. The Morgan fingerprint density at radius 3 is 2.24 bits per heavy atom. The molecule has 4 heteroatoms. The Balaban J connectivity index is 1.65. The maximum atomic E-state index is 12.4. The number of amides is 1. The van der Waals surface area contributed by atoms with E-state index >= 15 is 0 Å². The quantitative estimate of drug-likeness (QED) is 0.742. The van der Waals surface area contributed by atoms with Crippen molar-refractivity contribution in [3.05, 3.63) is 84.3 Å². The van der Waals surface area contributed by atoms with Crippen LogP contribution in [0.4, 0.5) is 0 Å². The topological polar surface area (TPSA) is 45.5 Å². The molecule has 3 rings (SSSR count). The smallest absolute Gasteiger partial charge is 0.251 e. The van der Waals surface area contributed by atoms with E-state index in [1.165, 1.54) is 0 Å². The number of nitrogens with one attached hydrogen (secondary N) is 1. The van der Waals surface area contributed by atoms with Gasteiger partial charge in [-0.2, -0.15) is 0 Å². The fraction of sp³-hybridized carbons (Fsp3) is 0.190. The summed E-state index contributed by atoms with van der Waals surface area (Å²) < 4.78 is 5.47. The van der Waals surface area contributed by atoms with Crippen molar-refractivity contribution in [2.45, 2.75) is 6.04 Å². The molecule has 0 bridgehead atoms. The van der Waals surface area contributed by atoms with E-state index in [4.69, 9.17) is 4.42 Å². The van der Waals surface area contributed by atoms with Crippen molar-refractivity contribution < 1.29 is 9.21 Å². The summed E-state index contributed by atoms with van der Waals surface area (Å²) in [5.74, 6) is 0.753. The van der Waals surface area contributed by atoms with Crippen LogP contribution in [0, 0.1) is 0 Å².